The van der Waals surface area contributed by atoms with Gasteiger partial charge >= 0.3 is 6.18 Å². The lowest BCUT2D eigenvalue weighted by atomic mass is 10.4. The summed E-state index contributed by atoms with van der Waals surface area (Å²) in [5, 5.41) is 2.99. The molecule has 0 aliphatic heterocycles. The average molecular weight is 261 g/mol. The van der Waals surface area contributed by atoms with Crippen molar-refractivity contribution < 1.29 is 22.1 Å². The fourth-order valence-electron chi connectivity index (χ4n) is 0.942. The van der Waals surface area contributed by atoms with Crippen LogP contribution >= 0.6 is 0 Å². The van der Waals surface area contributed by atoms with Gasteiger partial charge in [0.2, 0.25) is 0 Å². The summed E-state index contributed by atoms with van der Waals surface area (Å²) in [5.74, 6) is 1.22. The molecule has 0 saturated carbocycles. The standard InChI is InChI=1S/C9H18F3NO2S/c1-2-16(14)7-5-13-4-3-6-15-8-9(10,11)12/h13H,2-8H2,1H3. The van der Waals surface area contributed by atoms with Crippen LogP contribution in [0.1, 0.15) is 13.3 Å². The molecule has 0 fully saturated rings. The number of alkyl halides is 3. The van der Waals surface area contributed by atoms with E-state index in [9.17, 15) is 17.4 Å². The third kappa shape index (κ3) is 11.9. The Kier molecular flexibility index (Phi) is 8.87. The van der Waals surface area contributed by atoms with Crippen molar-refractivity contribution in [2.75, 3.05) is 37.8 Å². The van der Waals surface area contributed by atoms with Crippen molar-refractivity contribution in [2.24, 2.45) is 0 Å². The monoisotopic (exact) mass is 261 g/mol. The lowest BCUT2D eigenvalue weighted by Crippen LogP contribution is -2.24. The van der Waals surface area contributed by atoms with Crippen LogP contribution < -0.4 is 5.32 Å². The predicted octanol–water partition coefficient (Wildman–Crippen LogP) is 1.31. The first-order valence-corrected chi connectivity index (χ1v) is 6.64. The maximum atomic E-state index is 11.6. The molecular weight excluding hydrogens is 243 g/mol. The summed E-state index contributed by atoms with van der Waals surface area (Å²) in [4.78, 5) is 0. The number of nitrogens with one attached hydrogen (secondary N) is 1. The Balaban J connectivity index is 3.13. The van der Waals surface area contributed by atoms with E-state index in [4.69, 9.17) is 0 Å². The van der Waals surface area contributed by atoms with Gasteiger partial charge in [-0.05, 0) is 13.0 Å². The topological polar surface area (TPSA) is 38.3 Å². The Morgan fingerprint density at radius 2 is 2.00 bits per heavy atom. The largest absolute Gasteiger partial charge is 0.411 e. The fourth-order valence-corrected chi connectivity index (χ4v) is 1.60. The summed E-state index contributed by atoms with van der Waals surface area (Å²) in [6, 6.07) is 0. The van der Waals surface area contributed by atoms with Gasteiger partial charge in [-0.3, -0.25) is 4.21 Å². The van der Waals surface area contributed by atoms with Gasteiger partial charge in [-0.15, -0.1) is 0 Å². The van der Waals surface area contributed by atoms with Crippen LogP contribution in [0.5, 0.6) is 0 Å². The van der Waals surface area contributed by atoms with Gasteiger partial charge in [-0.2, -0.15) is 13.2 Å². The summed E-state index contributed by atoms with van der Waals surface area (Å²) in [7, 11) is -0.790. The molecule has 1 N–H and O–H groups in total. The second-order valence-electron chi connectivity index (χ2n) is 3.20. The summed E-state index contributed by atoms with van der Waals surface area (Å²) >= 11 is 0. The molecular formula is C9H18F3NO2S. The highest BCUT2D eigenvalue weighted by Gasteiger charge is 2.27. The molecule has 0 aliphatic carbocycles. The minimum Gasteiger partial charge on any atom is -0.372 e. The molecule has 16 heavy (non-hydrogen) atoms. The maximum absolute atomic E-state index is 11.6. The van der Waals surface area contributed by atoms with Gasteiger partial charge < -0.3 is 10.1 Å². The van der Waals surface area contributed by atoms with Crippen molar-refractivity contribution in [2.45, 2.75) is 19.5 Å². The van der Waals surface area contributed by atoms with Crippen molar-refractivity contribution >= 4 is 10.8 Å². The Labute approximate surface area is 96.2 Å². The summed E-state index contributed by atoms with van der Waals surface area (Å²) in [6.07, 6.45) is -3.72. The molecule has 0 bridgehead atoms. The van der Waals surface area contributed by atoms with Gasteiger partial charge in [-0.25, -0.2) is 0 Å². The summed E-state index contributed by atoms with van der Waals surface area (Å²) < 4.78 is 50.3. The quantitative estimate of drug-likeness (QED) is 0.636. The third-order valence-electron chi connectivity index (χ3n) is 1.74. The molecule has 0 radical (unpaired) electrons. The fraction of sp³-hybridized carbons (Fsp3) is 1.00. The van der Waals surface area contributed by atoms with Crippen LogP contribution in [0, 0.1) is 0 Å². The molecule has 3 nitrogen and oxygen atoms in total. The van der Waals surface area contributed by atoms with Gasteiger partial charge in [0, 0.05) is 35.5 Å². The van der Waals surface area contributed by atoms with Crippen molar-refractivity contribution in [3.05, 3.63) is 0 Å². The van der Waals surface area contributed by atoms with E-state index in [2.05, 4.69) is 10.1 Å². The zero-order chi connectivity index (χ0) is 12.4. The predicted molar refractivity (Wildman–Crippen MR) is 57.9 cm³/mol. The van der Waals surface area contributed by atoms with Crippen LogP contribution in [0.15, 0.2) is 0 Å². The van der Waals surface area contributed by atoms with Crippen LogP contribution in [0.2, 0.25) is 0 Å². The molecule has 98 valence electrons. The van der Waals surface area contributed by atoms with Gasteiger partial charge in [-0.1, -0.05) is 6.92 Å². The Hall–Kier alpha value is -0.140. The van der Waals surface area contributed by atoms with Crippen molar-refractivity contribution in [3.63, 3.8) is 0 Å². The molecule has 1 atom stereocenters. The lowest BCUT2D eigenvalue weighted by Gasteiger charge is -2.07. The second-order valence-corrected chi connectivity index (χ2v) is 5.07. The second kappa shape index (κ2) is 8.95. The molecule has 0 rings (SSSR count). The molecule has 0 aromatic rings. The number of ether oxygens (including phenoxy) is 1. The molecule has 0 aliphatic rings. The molecule has 0 aromatic heterocycles. The van der Waals surface area contributed by atoms with Crippen LogP contribution in [0.25, 0.3) is 0 Å². The van der Waals surface area contributed by atoms with Gasteiger partial charge in [0.15, 0.2) is 0 Å². The average Bonchev–Trinajstić information content (AvgIpc) is 2.20. The number of hydrogen-bond donors (Lipinski definition) is 1. The van der Waals surface area contributed by atoms with Crippen LogP contribution in [0.3, 0.4) is 0 Å². The van der Waals surface area contributed by atoms with E-state index in [1.54, 1.807) is 0 Å². The van der Waals surface area contributed by atoms with Crippen molar-refractivity contribution in [3.8, 4) is 0 Å². The van der Waals surface area contributed by atoms with E-state index >= 15 is 0 Å². The molecule has 0 amide bonds. The first-order chi connectivity index (χ1) is 7.45. The Morgan fingerprint density at radius 3 is 2.56 bits per heavy atom. The zero-order valence-electron chi connectivity index (χ0n) is 9.31. The zero-order valence-corrected chi connectivity index (χ0v) is 10.1. The SMILES string of the molecule is CCS(=O)CCNCCCOCC(F)(F)F. The Morgan fingerprint density at radius 1 is 1.31 bits per heavy atom. The minimum absolute atomic E-state index is 0.0867. The highest BCUT2D eigenvalue weighted by molar-refractivity contribution is 7.84. The highest BCUT2D eigenvalue weighted by atomic mass is 32.2. The van der Waals surface area contributed by atoms with Gasteiger partial charge in [0.25, 0.3) is 0 Å². The molecule has 0 heterocycles. The van der Waals surface area contributed by atoms with E-state index in [1.165, 1.54) is 0 Å². The minimum atomic E-state index is -4.24. The highest BCUT2D eigenvalue weighted by Crippen LogP contribution is 2.14. The number of halogens is 3. The summed E-state index contributed by atoms with van der Waals surface area (Å²) in [6.45, 7) is 1.95. The number of rotatable bonds is 9. The first-order valence-electron chi connectivity index (χ1n) is 5.16. The number of hydrogen-bond acceptors (Lipinski definition) is 3. The van der Waals surface area contributed by atoms with Gasteiger partial charge in [0.1, 0.15) is 6.61 Å². The maximum Gasteiger partial charge on any atom is 0.411 e. The van der Waals surface area contributed by atoms with Crippen molar-refractivity contribution in [1.82, 2.24) is 5.32 Å². The van der Waals surface area contributed by atoms with E-state index in [-0.39, 0.29) is 6.61 Å². The lowest BCUT2D eigenvalue weighted by molar-refractivity contribution is -0.173. The smallest absolute Gasteiger partial charge is 0.372 e. The van der Waals surface area contributed by atoms with E-state index < -0.39 is 23.6 Å². The van der Waals surface area contributed by atoms with Crippen LogP contribution in [0.4, 0.5) is 13.2 Å². The van der Waals surface area contributed by atoms with E-state index in [0.717, 1.165) is 0 Å². The molecule has 1 unspecified atom stereocenters. The van der Waals surface area contributed by atoms with Crippen LogP contribution in [-0.4, -0.2) is 48.2 Å². The van der Waals surface area contributed by atoms with E-state index in [1.807, 2.05) is 6.92 Å². The third-order valence-corrected chi connectivity index (χ3v) is 3.04. The Bertz CT molecular complexity index is 200. The normalized spacial score (nSPS) is 14.0. The molecule has 0 spiro atoms. The van der Waals surface area contributed by atoms with Gasteiger partial charge in [0.05, 0.1) is 0 Å². The van der Waals surface area contributed by atoms with Crippen LogP contribution in [-0.2, 0) is 15.5 Å². The molecule has 7 heteroatoms. The first kappa shape index (κ1) is 15.9. The molecule has 0 aromatic carbocycles. The van der Waals surface area contributed by atoms with E-state index in [0.29, 0.717) is 31.0 Å². The van der Waals surface area contributed by atoms with Crippen molar-refractivity contribution in [1.29, 1.82) is 0 Å². The molecule has 0 saturated heterocycles. The summed E-state index contributed by atoms with van der Waals surface area (Å²) in [5.41, 5.74) is 0.